The lowest BCUT2D eigenvalue weighted by atomic mass is 9.93. The molecule has 0 aliphatic heterocycles. The van der Waals surface area contributed by atoms with Crippen molar-refractivity contribution in [2.75, 3.05) is 6.54 Å². The average Bonchev–Trinajstić information content (AvgIpc) is 2.38. The highest BCUT2D eigenvalue weighted by Gasteiger charge is 2.09. The van der Waals surface area contributed by atoms with E-state index in [-0.39, 0.29) is 0 Å². The smallest absolute Gasteiger partial charge is 0.0300 e. The molecule has 0 amide bonds. The normalized spacial score (nSPS) is 12.3. The molecule has 1 aromatic heterocycles. The van der Waals surface area contributed by atoms with E-state index in [1.54, 1.807) is 6.20 Å². The zero-order valence-corrected chi connectivity index (χ0v) is 9.21. The molecule has 2 rings (SSSR count). The first-order valence-corrected chi connectivity index (χ1v) is 5.54. The Balaban J connectivity index is 2.13. The molecule has 0 bridgehead atoms. The Labute approximate surface area is 96.1 Å². The van der Waals surface area contributed by atoms with Crippen molar-refractivity contribution in [3.63, 3.8) is 0 Å². The summed E-state index contributed by atoms with van der Waals surface area (Å²) in [4.78, 5) is 4.12. The third kappa shape index (κ3) is 2.67. The van der Waals surface area contributed by atoms with Gasteiger partial charge in [0.15, 0.2) is 0 Å². The van der Waals surface area contributed by atoms with E-state index in [0.717, 1.165) is 6.42 Å². The molecule has 1 heterocycles. The summed E-state index contributed by atoms with van der Waals surface area (Å²) in [6.45, 7) is 0.666. The lowest BCUT2D eigenvalue weighted by Gasteiger charge is -2.14. The zero-order chi connectivity index (χ0) is 11.2. The number of pyridine rings is 1. The van der Waals surface area contributed by atoms with Gasteiger partial charge in [0, 0.05) is 18.3 Å². The first kappa shape index (κ1) is 10.8. The van der Waals surface area contributed by atoms with Crippen molar-refractivity contribution in [2.45, 2.75) is 12.3 Å². The molecule has 0 spiro atoms. The van der Waals surface area contributed by atoms with Crippen molar-refractivity contribution in [1.29, 1.82) is 0 Å². The topological polar surface area (TPSA) is 38.9 Å². The average molecular weight is 212 g/mol. The third-order valence-corrected chi connectivity index (χ3v) is 2.76. The molecular formula is C14H16N2. The Kier molecular flexibility index (Phi) is 3.67. The minimum atomic E-state index is 0.380. The van der Waals surface area contributed by atoms with Crippen LogP contribution in [0.2, 0.25) is 0 Å². The van der Waals surface area contributed by atoms with Crippen LogP contribution < -0.4 is 5.73 Å². The van der Waals surface area contributed by atoms with Crippen molar-refractivity contribution in [1.82, 2.24) is 4.98 Å². The second kappa shape index (κ2) is 5.42. The summed E-state index contributed by atoms with van der Waals surface area (Å²) in [6, 6.07) is 14.5. The van der Waals surface area contributed by atoms with Crippen LogP contribution in [0.1, 0.15) is 17.0 Å². The van der Waals surface area contributed by atoms with Gasteiger partial charge in [-0.3, -0.25) is 4.98 Å². The highest BCUT2D eigenvalue weighted by molar-refractivity contribution is 5.23. The van der Waals surface area contributed by atoms with Gasteiger partial charge in [-0.25, -0.2) is 0 Å². The molecule has 0 radical (unpaired) electrons. The van der Waals surface area contributed by atoms with E-state index >= 15 is 0 Å². The van der Waals surface area contributed by atoms with Gasteiger partial charge in [0.25, 0.3) is 0 Å². The van der Waals surface area contributed by atoms with Gasteiger partial charge < -0.3 is 5.73 Å². The predicted molar refractivity (Wildman–Crippen MR) is 66.2 cm³/mol. The van der Waals surface area contributed by atoms with Gasteiger partial charge in [-0.05, 0) is 30.2 Å². The second-order valence-corrected chi connectivity index (χ2v) is 3.91. The molecule has 2 aromatic rings. The van der Waals surface area contributed by atoms with E-state index < -0.39 is 0 Å². The molecule has 1 aromatic carbocycles. The highest BCUT2D eigenvalue weighted by Crippen LogP contribution is 2.18. The maximum atomic E-state index is 5.83. The minimum absolute atomic E-state index is 0.380. The fourth-order valence-corrected chi connectivity index (χ4v) is 1.87. The summed E-state index contributed by atoms with van der Waals surface area (Å²) in [5.41, 5.74) is 8.37. The lowest BCUT2D eigenvalue weighted by Crippen LogP contribution is -2.15. The van der Waals surface area contributed by atoms with Crippen molar-refractivity contribution in [2.24, 2.45) is 5.73 Å². The molecular weight excluding hydrogens is 196 g/mol. The Morgan fingerprint density at radius 1 is 1.06 bits per heavy atom. The van der Waals surface area contributed by atoms with E-state index in [1.165, 1.54) is 11.1 Å². The molecule has 2 heteroatoms. The minimum Gasteiger partial charge on any atom is -0.330 e. The maximum Gasteiger partial charge on any atom is 0.0300 e. The summed E-state index contributed by atoms with van der Waals surface area (Å²) in [7, 11) is 0. The zero-order valence-electron chi connectivity index (χ0n) is 9.21. The van der Waals surface area contributed by atoms with Crippen LogP contribution in [0.4, 0.5) is 0 Å². The number of nitrogens with zero attached hydrogens (tertiary/aromatic N) is 1. The van der Waals surface area contributed by atoms with E-state index in [2.05, 4.69) is 35.3 Å². The van der Waals surface area contributed by atoms with E-state index in [4.69, 9.17) is 5.73 Å². The molecule has 2 N–H and O–H groups in total. The molecule has 16 heavy (non-hydrogen) atoms. The van der Waals surface area contributed by atoms with Crippen LogP contribution >= 0.6 is 0 Å². The molecule has 0 aliphatic carbocycles. The molecule has 0 aliphatic rings. The number of hydrogen-bond acceptors (Lipinski definition) is 2. The monoisotopic (exact) mass is 212 g/mol. The van der Waals surface area contributed by atoms with Crippen LogP contribution in [0.5, 0.6) is 0 Å². The van der Waals surface area contributed by atoms with Crippen molar-refractivity contribution in [3.8, 4) is 0 Å². The molecule has 1 atom stereocenters. The number of rotatable bonds is 4. The van der Waals surface area contributed by atoms with Crippen molar-refractivity contribution in [3.05, 3.63) is 66.0 Å². The molecule has 0 saturated heterocycles. The summed E-state index contributed by atoms with van der Waals surface area (Å²) in [5.74, 6) is 0.380. The maximum absolute atomic E-state index is 5.83. The van der Waals surface area contributed by atoms with E-state index in [9.17, 15) is 0 Å². The Bertz CT molecular complexity index is 411. The Morgan fingerprint density at radius 3 is 2.50 bits per heavy atom. The number of benzene rings is 1. The first-order chi connectivity index (χ1) is 7.90. The molecule has 2 nitrogen and oxygen atoms in total. The highest BCUT2D eigenvalue weighted by atomic mass is 14.6. The van der Waals surface area contributed by atoms with E-state index in [0.29, 0.717) is 12.5 Å². The van der Waals surface area contributed by atoms with Gasteiger partial charge in [-0.2, -0.15) is 0 Å². The van der Waals surface area contributed by atoms with Gasteiger partial charge in [0.05, 0.1) is 0 Å². The van der Waals surface area contributed by atoms with Gasteiger partial charge in [0.2, 0.25) is 0 Å². The van der Waals surface area contributed by atoms with Crippen LogP contribution in [0, 0.1) is 0 Å². The quantitative estimate of drug-likeness (QED) is 0.845. The molecule has 0 fully saturated rings. The standard InChI is InChI=1S/C14H16N2/c15-10-14(13-6-2-1-3-7-13)9-12-5-4-8-16-11-12/h1-8,11,14H,9-10,15H2. The Hall–Kier alpha value is -1.67. The van der Waals surface area contributed by atoms with Crippen molar-refractivity contribution < 1.29 is 0 Å². The van der Waals surface area contributed by atoms with Gasteiger partial charge in [-0.1, -0.05) is 36.4 Å². The summed E-state index contributed by atoms with van der Waals surface area (Å²) >= 11 is 0. The van der Waals surface area contributed by atoms with Crippen LogP contribution in [0.3, 0.4) is 0 Å². The third-order valence-electron chi connectivity index (χ3n) is 2.76. The second-order valence-electron chi connectivity index (χ2n) is 3.91. The molecule has 0 saturated carbocycles. The van der Waals surface area contributed by atoms with Crippen LogP contribution in [0.25, 0.3) is 0 Å². The van der Waals surface area contributed by atoms with E-state index in [1.807, 2.05) is 18.3 Å². The Morgan fingerprint density at radius 2 is 1.88 bits per heavy atom. The lowest BCUT2D eigenvalue weighted by molar-refractivity contribution is 0.692. The van der Waals surface area contributed by atoms with Crippen LogP contribution in [0.15, 0.2) is 54.9 Å². The number of hydrogen-bond donors (Lipinski definition) is 1. The molecule has 1 unspecified atom stereocenters. The van der Waals surface area contributed by atoms with Crippen LogP contribution in [-0.4, -0.2) is 11.5 Å². The molecule has 82 valence electrons. The SMILES string of the molecule is NCC(Cc1cccnc1)c1ccccc1. The number of nitrogens with two attached hydrogens (primary N) is 1. The van der Waals surface area contributed by atoms with Gasteiger partial charge in [-0.15, -0.1) is 0 Å². The summed E-state index contributed by atoms with van der Waals surface area (Å²) in [6.07, 6.45) is 4.66. The largest absolute Gasteiger partial charge is 0.330 e. The first-order valence-electron chi connectivity index (χ1n) is 5.54. The summed E-state index contributed by atoms with van der Waals surface area (Å²) < 4.78 is 0. The number of aromatic nitrogens is 1. The predicted octanol–water partition coefficient (Wildman–Crippen LogP) is 2.37. The van der Waals surface area contributed by atoms with Crippen LogP contribution in [-0.2, 0) is 6.42 Å². The van der Waals surface area contributed by atoms with Crippen molar-refractivity contribution >= 4 is 0 Å². The van der Waals surface area contributed by atoms with Gasteiger partial charge in [0.1, 0.15) is 0 Å². The fraction of sp³-hybridized carbons (Fsp3) is 0.214. The fourth-order valence-electron chi connectivity index (χ4n) is 1.87. The summed E-state index contributed by atoms with van der Waals surface area (Å²) in [5, 5.41) is 0. The van der Waals surface area contributed by atoms with Gasteiger partial charge >= 0.3 is 0 Å².